The molecule has 0 saturated heterocycles. The number of fused-ring (bicyclic) bond motifs is 3. The topological polar surface area (TPSA) is 136 Å². The normalized spacial score (nSPS) is 17.2. The summed E-state index contributed by atoms with van der Waals surface area (Å²) < 4.78 is 16.0. The van der Waals surface area contributed by atoms with Crippen molar-refractivity contribution >= 4 is 39.8 Å². The molecular weight excluding hydrogens is 449 g/mol. The zero-order valence-corrected chi connectivity index (χ0v) is 19.1. The summed E-state index contributed by atoms with van der Waals surface area (Å²) in [5.41, 5.74) is 10.8. The Morgan fingerprint density at radius 2 is 2.03 bits per heavy atom. The number of nitrogen functional groups attached to an aromatic ring is 1. The number of carbonyl (C=O) groups is 1. The van der Waals surface area contributed by atoms with E-state index in [0.717, 1.165) is 33.3 Å². The number of aromatic nitrogens is 5. The van der Waals surface area contributed by atoms with Crippen molar-refractivity contribution in [3.63, 3.8) is 0 Å². The highest BCUT2D eigenvalue weighted by Crippen LogP contribution is 2.38. The molecule has 4 aromatic heterocycles. The molecule has 4 aromatic rings. The third kappa shape index (κ3) is 3.78. The summed E-state index contributed by atoms with van der Waals surface area (Å²) in [6.45, 7) is 3.29. The van der Waals surface area contributed by atoms with Gasteiger partial charge in [0.25, 0.3) is 0 Å². The van der Waals surface area contributed by atoms with Crippen molar-refractivity contribution < 1.29 is 9.18 Å². The number of nitrogens with zero attached hydrogens (tertiary/aromatic N) is 5. The van der Waals surface area contributed by atoms with Crippen molar-refractivity contribution in [2.75, 3.05) is 29.5 Å². The van der Waals surface area contributed by atoms with Crippen molar-refractivity contribution in [3.8, 4) is 11.3 Å². The fourth-order valence-electron chi connectivity index (χ4n) is 4.69. The minimum Gasteiger partial charge on any atom is -0.383 e. The quantitative estimate of drug-likeness (QED) is 0.357. The zero-order chi connectivity index (χ0) is 24.1. The largest absolute Gasteiger partial charge is 0.383 e. The van der Waals surface area contributed by atoms with E-state index < -0.39 is 6.17 Å². The molecular formula is C24H24FN9O. The number of hydrogen-bond acceptors (Lipinski definition) is 8. The third-order valence-corrected chi connectivity index (χ3v) is 6.50. The van der Waals surface area contributed by atoms with Crippen LogP contribution in [-0.2, 0) is 17.8 Å². The van der Waals surface area contributed by atoms with E-state index in [1.54, 1.807) is 17.1 Å². The van der Waals surface area contributed by atoms with Crippen LogP contribution in [0.2, 0.25) is 0 Å². The van der Waals surface area contributed by atoms with Gasteiger partial charge in [-0.05, 0) is 30.0 Å². The van der Waals surface area contributed by atoms with E-state index in [-0.39, 0.29) is 12.5 Å². The molecule has 1 atom stereocenters. The van der Waals surface area contributed by atoms with Crippen molar-refractivity contribution in [2.45, 2.75) is 32.5 Å². The van der Waals surface area contributed by atoms with Crippen molar-refractivity contribution in [2.24, 2.45) is 0 Å². The van der Waals surface area contributed by atoms with Crippen LogP contribution in [0, 0.1) is 6.92 Å². The number of nitrogens with two attached hydrogens (primary N) is 1. The van der Waals surface area contributed by atoms with Crippen LogP contribution in [0.15, 0.2) is 30.6 Å². The first-order chi connectivity index (χ1) is 17.0. The molecule has 0 radical (unpaired) electrons. The van der Waals surface area contributed by atoms with Gasteiger partial charge in [0.1, 0.15) is 24.4 Å². The van der Waals surface area contributed by atoms with Gasteiger partial charge in [-0.15, -0.1) is 0 Å². The lowest BCUT2D eigenvalue weighted by molar-refractivity contribution is -0.121. The Labute approximate surface area is 200 Å². The molecule has 0 spiro atoms. The molecule has 1 amide bonds. The van der Waals surface area contributed by atoms with Crippen LogP contribution in [0.25, 0.3) is 22.0 Å². The van der Waals surface area contributed by atoms with E-state index >= 15 is 0 Å². The number of pyridine rings is 3. The standard InChI is InChI=1S/C24H24FN9O/c1-12-15(9-30-23-17(25)3-5-28-22(12)23)18-6-13-7-19(29-10-16(13)24(26)31-18)32-20-8-14-2-4-27-21(35)11-34(14)33-20/h6-10,17,28H,2-5,11H2,1H3,(H2,26,31)(H,27,35)(H,29,32,33)/t17-/m0/s1. The van der Waals surface area contributed by atoms with E-state index in [4.69, 9.17) is 5.73 Å². The average molecular weight is 474 g/mol. The zero-order valence-electron chi connectivity index (χ0n) is 19.1. The number of rotatable bonds is 3. The summed E-state index contributed by atoms with van der Waals surface area (Å²) in [5.74, 6) is 1.51. The van der Waals surface area contributed by atoms with Gasteiger partial charge in [0.15, 0.2) is 5.82 Å². The number of carbonyl (C=O) groups excluding carboxylic acids is 1. The number of hydrogen-bond donors (Lipinski definition) is 4. The second-order valence-corrected chi connectivity index (χ2v) is 8.83. The number of alkyl halides is 1. The summed E-state index contributed by atoms with van der Waals surface area (Å²) >= 11 is 0. The Morgan fingerprint density at radius 3 is 2.91 bits per heavy atom. The van der Waals surface area contributed by atoms with Gasteiger partial charge in [-0.2, -0.15) is 5.10 Å². The fraction of sp³-hybridized carbons (Fsp3) is 0.292. The van der Waals surface area contributed by atoms with Crippen molar-refractivity contribution in [3.05, 3.63) is 47.5 Å². The monoisotopic (exact) mass is 473 g/mol. The first-order valence-corrected chi connectivity index (χ1v) is 11.5. The Balaban J connectivity index is 1.35. The molecule has 0 aliphatic carbocycles. The van der Waals surface area contributed by atoms with Crippen molar-refractivity contribution in [1.29, 1.82) is 0 Å². The second-order valence-electron chi connectivity index (χ2n) is 8.83. The fourth-order valence-corrected chi connectivity index (χ4v) is 4.69. The van der Waals surface area contributed by atoms with Gasteiger partial charge in [0, 0.05) is 61.0 Å². The maximum Gasteiger partial charge on any atom is 0.241 e. The Morgan fingerprint density at radius 1 is 1.14 bits per heavy atom. The third-order valence-electron chi connectivity index (χ3n) is 6.50. The average Bonchev–Trinajstić information content (AvgIpc) is 3.11. The maximum absolute atomic E-state index is 14.3. The predicted molar refractivity (Wildman–Crippen MR) is 131 cm³/mol. The van der Waals surface area contributed by atoms with Gasteiger partial charge in [-0.3, -0.25) is 14.5 Å². The van der Waals surface area contributed by atoms with Crippen LogP contribution < -0.4 is 21.7 Å². The van der Waals surface area contributed by atoms with Gasteiger partial charge in [-0.25, -0.2) is 14.4 Å². The first kappa shape index (κ1) is 21.3. The predicted octanol–water partition coefficient (Wildman–Crippen LogP) is 3.02. The van der Waals surface area contributed by atoms with Crippen LogP contribution >= 0.6 is 0 Å². The number of halogens is 1. The van der Waals surface area contributed by atoms with Crippen LogP contribution in [0.4, 0.5) is 27.5 Å². The molecule has 2 aliphatic rings. The molecule has 5 N–H and O–H groups in total. The Bertz CT molecular complexity index is 1480. The lowest BCUT2D eigenvalue weighted by Gasteiger charge is -2.23. The van der Waals surface area contributed by atoms with Crippen LogP contribution in [0.3, 0.4) is 0 Å². The highest BCUT2D eigenvalue weighted by molar-refractivity contribution is 5.95. The van der Waals surface area contributed by atoms with Gasteiger partial charge < -0.3 is 21.7 Å². The molecule has 2 aliphatic heterocycles. The molecule has 10 nitrogen and oxygen atoms in total. The van der Waals surface area contributed by atoms with Gasteiger partial charge in [-0.1, -0.05) is 0 Å². The summed E-state index contributed by atoms with van der Waals surface area (Å²) in [6.07, 6.45) is 3.39. The highest BCUT2D eigenvalue weighted by atomic mass is 19.1. The van der Waals surface area contributed by atoms with Crippen LogP contribution in [0.1, 0.15) is 29.5 Å². The number of amides is 1. The summed E-state index contributed by atoms with van der Waals surface area (Å²) in [6, 6.07) is 5.73. The molecule has 178 valence electrons. The molecule has 6 rings (SSSR count). The SMILES string of the molecule is Cc1c(-c2cc3cc(Nc4cc5n(n4)CC(=O)NCC5)ncc3c(N)n2)cnc2c1NCC[C@@H]2F. The molecule has 6 heterocycles. The van der Waals surface area contributed by atoms with Crippen LogP contribution in [0.5, 0.6) is 0 Å². The van der Waals surface area contributed by atoms with Gasteiger partial charge in [0.05, 0.1) is 17.1 Å². The molecule has 0 unspecified atom stereocenters. The first-order valence-electron chi connectivity index (χ1n) is 11.5. The summed E-state index contributed by atoms with van der Waals surface area (Å²) in [5, 5.41) is 15.4. The highest BCUT2D eigenvalue weighted by Gasteiger charge is 2.24. The minimum atomic E-state index is -1.07. The Kier molecular flexibility index (Phi) is 4.97. The Hall–Kier alpha value is -4.28. The summed E-state index contributed by atoms with van der Waals surface area (Å²) in [7, 11) is 0. The minimum absolute atomic E-state index is 0.0538. The molecule has 0 aromatic carbocycles. The molecule has 0 fully saturated rings. The molecule has 11 heteroatoms. The lowest BCUT2D eigenvalue weighted by Crippen LogP contribution is -2.25. The van der Waals surface area contributed by atoms with E-state index in [9.17, 15) is 9.18 Å². The lowest BCUT2D eigenvalue weighted by atomic mass is 9.98. The van der Waals surface area contributed by atoms with E-state index in [1.807, 2.05) is 25.1 Å². The van der Waals surface area contributed by atoms with Crippen molar-refractivity contribution in [1.82, 2.24) is 30.0 Å². The number of nitrogens with one attached hydrogen (secondary N) is 3. The van der Waals surface area contributed by atoms with Gasteiger partial charge in [0.2, 0.25) is 5.91 Å². The summed E-state index contributed by atoms with van der Waals surface area (Å²) in [4.78, 5) is 25.2. The van der Waals surface area contributed by atoms with E-state index in [0.29, 0.717) is 54.8 Å². The second kappa shape index (κ2) is 8.19. The van der Waals surface area contributed by atoms with Gasteiger partial charge >= 0.3 is 0 Å². The molecule has 35 heavy (non-hydrogen) atoms. The molecule has 0 saturated carbocycles. The van der Waals surface area contributed by atoms with Crippen LogP contribution in [-0.4, -0.2) is 43.7 Å². The van der Waals surface area contributed by atoms with E-state index in [1.165, 1.54) is 0 Å². The smallest absolute Gasteiger partial charge is 0.241 e. The van der Waals surface area contributed by atoms with E-state index in [2.05, 4.69) is 36.0 Å². The molecule has 0 bridgehead atoms. The number of anilines is 4. The maximum atomic E-state index is 14.3.